The third-order valence-corrected chi connectivity index (χ3v) is 5.93. The number of hydrogen-bond donors (Lipinski definition) is 1. The van der Waals surface area contributed by atoms with Gasteiger partial charge in [0.2, 0.25) is 0 Å². The highest BCUT2D eigenvalue weighted by Gasteiger charge is 2.36. The molecule has 2 aromatic carbocycles. The Labute approximate surface area is 168 Å². The molecule has 0 amide bonds. The van der Waals surface area contributed by atoms with E-state index in [2.05, 4.69) is 58.9 Å². The number of rotatable bonds is 5. The number of aliphatic carboxylic acids is 1. The minimum absolute atomic E-state index is 0.199. The first-order chi connectivity index (χ1) is 13.1. The Balaban J connectivity index is 1.86. The van der Waals surface area contributed by atoms with E-state index in [1.165, 1.54) is 35.1 Å². The van der Waals surface area contributed by atoms with Crippen LogP contribution in [0.3, 0.4) is 0 Å². The first kappa shape index (κ1) is 20.2. The van der Waals surface area contributed by atoms with Crippen LogP contribution in [-0.2, 0) is 15.6 Å². The van der Waals surface area contributed by atoms with Gasteiger partial charge in [-0.1, -0.05) is 64.1 Å². The number of hydrogen-bond acceptors (Lipinski definition) is 2. The van der Waals surface area contributed by atoms with Crippen molar-refractivity contribution < 1.29 is 14.6 Å². The summed E-state index contributed by atoms with van der Waals surface area (Å²) in [7, 11) is 0. The Kier molecular flexibility index (Phi) is 5.38. The van der Waals surface area contributed by atoms with Gasteiger partial charge < -0.3 is 9.84 Å². The van der Waals surface area contributed by atoms with Gasteiger partial charge in [-0.2, -0.15) is 0 Å². The number of ether oxygens (including phenoxy) is 1. The number of carboxylic acids is 1. The lowest BCUT2D eigenvalue weighted by Gasteiger charge is -2.42. The van der Waals surface area contributed by atoms with E-state index in [1.807, 2.05) is 12.1 Å². The molecule has 0 saturated heterocycles. The maximum Gasteiger partial charge on any atom is 0.341 e. The van der Waals surface area contributed by atoms with Gasteiger partial charge in [-0.3, -0.25) is 0 Å². The van der Waals surface area contributed by atoms with Crippen LogP contribution in [-0.4, -0.2) is 17.7 Å². The van der Waals surface area contributed by atoms with Gasteiger partial charge in [-0.05, 0) is 70.6 Å². The van der Waals surface area contributed by atoms with Gasteiger partial charge in [0, 0.05) is 0 Å². The van der Waals surface area contributed by atoms with E-state index in [-0.39, 0.29) is 17.4 Å². The zero-order valence-corrected chi connectivity index (χ0v) is 17.5. The summed E-state index contributed by atoms with van der Waals surface area (Å²) >= 11 is 0. The van der Waals surface area contributed by atoms with E-state index in [9.17, 15) is 4.79 Å². The molecule has 1 N–H and O–H groups in total. The van der Waals surface area contributed by atoms with Crippen LogP contribution in [0.4, 0.5) is 0 Å². The van der Waals surface area contributed by atoms with Gasteiger partial charge >= 0.3 is 5.97 Å². The van der Waals surface area contributed by atoms with Crippen molar-refractivity contribution in [2.75, 3.05) is 6.61 Å². The summed E-state index contributed by atoms with van der Waals surface area (Å²) in [5, 5.41) is 8.69. The van der Waals surface area contributed by atoms with Gasteiger partial charge in [0.15, 0.2) is 6.61 Å². The molecule has 0 aromatic heterocycles. The summed E-state index contributed by atoms with van der Waals surface area (Å²) in [6.07, 6.45) is 4.58. The number of benzene rings is 2. The Morgan fingerprint density at radius 1 is 1.00 bits per heavy atom. The van der Waals surface area contributed by atoms with E-state index in [0.717, 1.165) is 5.56 Å². The molecule has 0 atom stereocenters. The summed E-state index contributed by atoms with van der Waals surface area (Å²) in [6, 6.07) is 14.4. The number of carboxylic acid groups (broad SMARTS) is 1. The van der Waals surface area contributed by atoms with Crippen LogP contribution in [0.5, 0.6) is 5.75 Å². The SMILES string of the molecule is C/C(=C\c1ccc(OCC(=O)O)cc1)c1ccc2c(c1)C(C)(C)CCC2(C)C. The maximum atomic E-state index is 10.6. The molecule has 1 aliphatic carbocycles. The van der Waals surface area contributed by atoms with Crippen LogP contribution in [0.2, 0.25) is 0 Å². The van der Waals surface area contributed by atoms with Gasteiger partial charge in [0.25, 0.3) is 0 Å². The van der Waals surface area contributed by atoms with E-state index in [0.29, 0.717) is 5.75 Å². The summed E-state index contributed by atoms with van der Waals surface area (Å²) in [6.45, 7) is 11.2. The molecule has 0 radical (unpaired) electrons. The molecule has 0 heterocycles. The molecular weight excluding hydrogens is 348 g/mol. The van der Waals surface area contributed by atoms with Crippen molar-refractivity contribution in [3.05, 3.63) is 64.7 Å². The fourth-order valence-electron chi connectivity index (χ4n) is 3.97. The van der Waals surface area contributed by atoms with Crippen LogP contribution >= 0.6 is 0 Å². The van der Waals surface area contributed by atoms with Crippen molar-refractivity contribution in [3.8, 4) is 5.75 Å². The average Bonchev–Trinajstić information content (AvgIpc) is 2.64. The normalized spacial score (nSPS) is 17.7. The molecule has 0 fully saturated rings. The van der Waals surface area contributed by atoms with Crippen molar-refractivity contribution in [3.63, 3.8) is 0 Å². The van der Waals surface area contributed by atoms with Crippen molar-refractivity contribution in [2.45, 2.75) is 58.3 Å². The fourth-order valence-corrected chi connectivity index (χ4v) is 3.97. The zero-order valence-electron chi connectivity index (χ0n) is 17.5. The van der Waals surface area contributed by atoms with E-state index >= 15 is 0 Å². The van der Waals surface area contributed by atoms with Crippen LogP contribution in [0.25, 0.3) is 11.6 Å². The molecule has 28 heavy (non-hydrogen) atoms. The molecule has 3 rings (SSSR count). The summed E-state index contributed by atoms with van der Waals surface area (Å²) in [5.41, 5.74) is 6.89. The quantitative estimate of drug-likeness (QED) is 0.643. The predicted octanol–water partition coefficient (Wildman–Crippen LogP) is 6.06. The van der Waals surface area contributed by atoms with Crippen LogP contribution in [0.1, 0.15) is 69.7 Å². The van der Waals surface area contributed by atoms with E-state index < -0.39 is 5.97 Å². The molecule has 3 nitrogen and oxygen atoms in total. The van der Waals surface area contributed by atoms with E-state index in [1.54, 1.807) is 12.1 Å². The van der Waals surface area contributed by atoms with E-state index in [4.69, 9.17) is 9.84 Å². The second-order valence-corrected chi connectivity index (χ2v) is 9.11. The van der Waals surface area contributed by atoms with Crippen molar-refractivity contribution >= 4 is 17.6 Å². The summed E-state index contributed by atoms with van der Waals surface area (Å²) in [5.74, 6) is -0.409. The molecule has 1 aliphatic rings. The van der Waals surface area contributed by atoms with Crippen molar-refractivity contribution in [1.82, 2.24) is 0 Å². The molecular formula is C25H30O3. The summed E-state index contributed by atoms with van der Waals surface area (Å²) < 4.78 is 5.20. The lowest BCUT2D eigenvalue weighted by molar-refractivity contribution is -0.139. The van der Waals surface area contributed by atoms with Crippen molar-refractivity contribution in [2.24, 2.45) is 0 Å². The third-order valence-electron chi connectivity index (χ3n) is 5.93. The Morgan fingerprint density at radius 3 is 2.21 bits per heavy atom. The lowest BCUT2D eigenvalue weighted by Crippen LogP contribution is -2.33. The molecule has 0 bridgehead atoms. The maximum absolute atomic E-state index is 10.6. The third kappa shape index (κ3) is 4.30. The lowest BCUT2D eigenvalue weighted by atomic mass is 9.63. The summed E-state index contributed by atoms with van der Waals surface area (Å²) in [4.78, 5) is 10.6. The fraction of sp³-hybridized carbons (Fsp3) is 0.400. The number of allylic oxidation sites excluding steroid dienone is 1. The first-order valence-corrected chi connectivity index (χ1v) is 9.87. The number of fused-ring (bicyclic) bond motifs is 1. The Bertz CT molecular complexity index is 902. The van der Waals surface area contributed by atoms with Gasteiger partial charge in [-0.15, -0.1) is 0 Å². The zero-order chi connectivity index (χ0) is 20.5. The minimum Gasteiger partial charge on any atom is -0.482 e. The van der Waals surface area contributed by atoms with Gasteiger partial charge in [-0.25, -0.2) is 4.79 Å². The van der Waals surface area contributed by atoms with Gasteiger partial charge in [0.1, 0.15) is 5.75 Å². The molecule has 0 spiro atoms. The average molecular weight is 379 g/mol. The monoisotopic (exact) mass is 378 g/mol. The molecule has 0 unspecified atom stereocenters. The van der Waals surface area contributed by atoms with Crippen LogP contribution in [0, 0.1) is 0 Å². The standard InChI is InChI=1S/C25H30O3/c1-17(14-18-6-9-20(10-7-18)28-16-23(26)27)19-8-11-21-22(15-19)25(4,5)13-12-24(21,2)3/h6-11,14-15H,12-13,16H2,1-5H3,(H,26,27)/b17-14+. The number of carbonyl (C=O) groups is 1. The van der Waals surface area contributed by atoms with Gasteiger partial charge in [0.05, 0.1) is 0 Å². The largest absolute Gasteiger partial charge is 0.482 e. The Hall–Kier alpha value is -2.55. The molecule has 0 saturated carbocycles. The second-order valence-electron chi connectivity index (χ2n) is 9.11. The highest BCUT2D eigenvalue weighted by Crippen LogP contribution is 2.46. The molecule has 0 aliphatic heterocycles. The molecule has 2 aromatic rings. The Morgan fingerprint density at radius 2 is 1.61 bits per heavy atom. The van der Waals surface area contributed by atoms with Crippen LogP contribution in [0.15, 0.2) is 42.5 Å². The minimum atomic E-state index is -0.974. The predicted molar refractivity (Wildman–Crippen MR) is 115 cm³/mol. The van der Waals surface area contributed by atoms with Crippen LogP contribution < -0.4 is 4.74 Å². The highest BCUT2D eigenvalue weighted by atomic mass is 16.5. The van der Waals surface area contributed by atoms with Crippen molar-refractivity contribution in [1.29, 1.82) is 0 Å². The first-order valence-electron chi connectivity index (χ1n) is 9.87. The topological polar surface area (TPSA) is 46.5 Å². The molecule has 148 valence electrons. The molecule has 3 heteroatoms. The second kappa shape index (κ2) is 7.46. The highest BCUT2D eigenvalue weighted by molar-refractivity contribution is 5.81. The smallest absolute Gasteiger partial charge is 0.341 e.